The van der Waals surface area contributed by atoms with Crippen LogP contribution in [0.1, 0.15) is 149 Å². The van der Waals surface area contributed by atoms with Gasteiger partial charge in [0.1, 0.15) is 78.5 Å². The smallest absolute Gasteiger partial charge is 0.326 e. The van der Waals surface area contributed by atoms with E-state index < -0.39 is 298 Å². The number of aliphatic hydroxyl groups is 2. The highest BCUT2D eigenvalue weighted by molar-refractivity contribution is 6.01. The quantitative estimate of drug-likeness (QED) is 0.0164. The number of hydrogen-bond donors (Lipinski definition) is 29. The number of carbonyl (C=O) groups excluding carboxylic acids is 17. The molecular weight excluding hydrogens is 1620 g/mol. The van der Waals surface area contributed by atoms with E-state index >= 15 is 0 Å². The van der Waals surface area contributed by atoms with Crippen LogP contribution < -0.4 is 120 Å². The van der Waals surface area contributed by atoms with Crippen molar-refractivity contribution in [2.45, 2.75) is 240 Å². The first-order valence-electron chi connectivity index (χ1n) is 38.8. The first kappa shape index (κ1) is 107. The average Bonchev–Trinajstić information content (AvgIpc) is 0.847. The van der Waals surface area contributed by atoms with Gasteiger partial charge in [0.15, 0.2) is 5.96 Å². The fraction of sp³-hybridized carbons (Fsp3) is 0.611. The van der Waals surface area contributed by atoms with Crippen LogP contribution in [0.15, 0.2) is 30.3 Å². The zero-order chi connectivity index (χ0) is 92.6. The number of hydrogen-bond acceptors (Lipinski definition) is 27. The molecule has 15 atom stereocenters. The minimum atomic E-state index is -2.05. The molecule has 17 amide bonds. The number of nitrogens with one attached hydrogen (secondary N) is 16. The van der Waals surface area contributed by atoms with Crippen LogP contribution in [-0.2, 0) is 107 Å². The third-order valence-electron chi connectivity index (χ3n) is 18.0. The third kappa shape index (κ3) is 43.2. The normalized spacial score (nSPS) is 14.6. The first-order chi connectivity index (χ1) is 57.2. The van der Waals surface area contributed by atoms with Gasteiger partial charge in [0, 0.05) is 38.6 Å². The van der Waals surface area contributed by atoms with Crippen molar-refractivity contribution in [3.05, 3.63) is 35.9 Å². The van der Waals surface area contributed by atoms with E-state index in [1.807, 2.05) is 0 Å². The second-order valence-corrected chi connectivity index (χ2v) is 28.6. The summed E-state index contributed by atoms with van der Waals surface area (Å²) in [5.41, 5.74) is 39.1. The lowest BCUT2D eigenvalue weighted by Gasteiger charge is -2.28. The molecule has 50 heteroatoms. The molecule has 0 aromatic heterocycles. The Bertz CT molecular complexity index is 3800. The fourth-order valence-electron chi connectivity index (χ4n) is 11.2. The maximum atomic E-state index is 14.4. The number of rotatable bonds is 62. The molecule has 0 aliphatic carbocycles. The maximum Gasteiger partial charge on any atom is 0.326 e. The summed E-state index contributed by atoms with van der Waals surface area (Å²) in [7, 11) is 0. The Balaban J connectivity index is 3.58. The van der Waals surface area contributed by atoms with Crippen LogP contribution in [0.3, 0.4) is 0 Å². The van der Waals surface area contributed by atoms with Gasteiger partial charge in [0.05, 0.1) is 38.1 Å². The highest BCUT2D eigenvalue weighted by Gasteiger charge is 2.39. The Morgan fingerprint density at radius 1 is 0.377 bits per heavy atom. The van der Waals surface area contributed by atoms with E-state index in [1.165, 1.54) is 32.9 Å². The molecule has 682 valence electrons. The molecule has 0 aliphatic rings. The molecule has 0 spiro atoms. The predicted molar refractivity (Wildman–Crippen MR) is 425 cm³/mol. The average molecular weight is 1740 g/mol. The summed E-state index contributed by atoms with van der Waals surface area (Å²) in [6, 6.07) is -16.6. The van der Waals surface area contributed by atoms with Gasteiger partial charge < -0.3 is 151 Å². The number of carboxylic acids is 4. The lowest BCUT2D eigenvalue weighted by molar-refractivity contribution is -0.147. The number of guanidine groups is 1. The van der Waals surface area contributed by atoms with E-state index in [1.54, 1.807) is 18.2 Å². The van der Waals surface area contributed by atoms with Gasteiger partial charge in [-0.25, -0.2) is 4.79 Å². The summed E-state index contributed by atoms with van der Waals surface area (Å²) < 4.78 is 0. The lowest BCUT2D eigenvalue weighted by atomic mass is 10.0. The second-order valence-electron chi connectivity index (χ2n) is 28.6. The summed E-state index contributed by atoms with van der Waals surface area (Å²) >= 11 is 0. The molecule has 0 heterocycles. The number of amides is 17. The number of primary amides is 3. The molecule has 36 N–H and O–H groups in total. The molecule has 0 aliphatic heterocycles. The second kappa shape index (κ2) is 56.6. The Morgan fingerprint density at radius 3 is 1.22 bits per heavy atom. The zero-order valence-electron chi connectivity index (χ0n) is 67.9. The molecule has 1 aromatic rings. The van der Waals surface area contributed by atoms with Crippen LogP contribution in [-0.4, -0.2) is 284 Å². The molecule has 0 saturated heterocycles. The number of aliphatic hydroxyl groups excluding tert-OH is 2. The summed E-state index contributed by atoms with van der Waals surface area (Å²) in [6.45, 7) is 3.05. The van der Waals surface area contributed by atoms with Crippen LogP contribution in [0.5, 0.6) is 0 Å². The molecule has 0 radical (unpaired) electrons. The number of unbranched alkanes of at least 4 members (excludes halogenated alkanes) is 2. The molecule has 1 aromatic carbocycles. The standard InChI is InChI=1S/C72H117N23O27/c1-34(2)56(69(119)92-47(71(121)122)31-55(106)107)94-65(115)41(17-12-28-81-72(79)80)87-66(116)45(29-37-13-6-5-7-14-37)91-68(118)48(33-96)93-64(114)42(19-22-49(76)98)88-63(113)44(21-25-54(104)105)89-67(117)46(30-51(78)100)84-52(101)32-82-60(110)39(15-8-10-26-73)85-58(108)35(3)83-61(111)40(16-9-11-27-74)86-62(112)43(20-23-50(77)99)90-70(120)57(36(4)97)95-59(109)38(75)18-24-53(102)103/h5-7,13-14,34-36,38-48,56-57,96-97H,8-12,15-33,73-75H2,1-4H3,(H2,76,98)(H2,77,99)(H2,78,100)(H,82,110)(H,83,111)(H,84,101)(H,85,108)(H,86,112)(H,87,116)(H,88,113)(H,89,117)(H,90,120)(H,91,118)(H,92,119)(H,93,114)(H,94,115)(H,95,109)(H,102,103)(H,104,105)(H,106,107)(H,121,122)(H4,79,80,81)/t35-,36+,38-,39-,40-,41-,42-,43-,44-,45-,46-,47-,48-,56-,57-/m0/s1. The monoisotopic (exact) mass is 1740 g/mol. The van der Waals surface area contributed by atoms with E-state index in [4.69, 9.17) is 50.7 Å². The molecule has 0 bridgehead atoms. The topological polar surface area (TPSA) is 866 Å². The number of carboxylic acid groups (broad SMARTS) is 4. The van der Waals surface area contributed by atoms with E-state index in [2.05, 4.69) is 79.8 Å². The summed E-state index contributed by atoms with van der Waals surface area (Å²) in [5.74, 6) is -27.1. The van der Waals surface area contributed by atoms with Crippen LogP contribution in [0.2, 0.25) is 0 Å². The van der Waals surface area contributed by atoms with Gasteiger partial charge in [0.25, 0.3) is 0 Å². The third-order valence-corrected chi connectivity index (χ3v) is 18.0. The van der Waals surface area contributed by atoms with Crippen molar-refractivity contribution in [1.82, 2.24) is 79.8 Å². The van der Waals surface area contributed by atoms with Gasteiger partial charge >= 0.3 is 23.9 Å². The van der Waals surface area contributed by atoms with E-state index in [-0.39, 0.29) is 77.4 Å². The lowest BCUT2D eigenvalue weighted by Crippen LogP contribution is -2.61. The summed E-state index contributed by atoms with van der Waals surface area (Å²) in [6.07, 6.45) is -8.80. The highest BCUT2D eigenvalue weighted by atomic mass is 16.4. The molecule has 0 fully saturated rings. The van der Waals surface area contributed by atoms with Gasteiger partial charge in [-0.2, -0.15) is 0 Å². The Labute approximate surface area is 699 Å². The molecular formula is C72H117N23O27. The van der Waals surface area contributed by atoms with Crippen molar-refractivity contribution in [2.75, 3.05) is 32.8 Å². The Morgan fingerprint density at radius 2 is 0.770 bits per heavy atom. The van der Waals surface area contributed by atoms with Crippen molar-refractivity contribution in [3.63, 3.8) is 0 Å². The maximum absolute atomic E-state index is 14.4. The van der Waals surface area contributed by atoms with Crippen molar-refractivity contribution in [2.24, 2.45) is 46.1 Å². The van der Waals surface area contributed by atoms with Crippen LogP contribution in [0.25, 0.3) is 0 Å². The number of carbonyl (C=O) groups is 21. The van der Waals surface area contributed by atoms with Crippen LogP contribution in [0, 0.1) is 11.3 Å². The molecule has 1 rings (SSSR count). The number of nitrogens with two attached hydrogens (primary N) is 7. The highest BCUT2D eigenvalue weighted by Crippen LogP contribution is 2.14. The number of benzene rings is 1. The van der Waals surface area contributed by atoms with Crippen molar-refractivity contribution in [3.8, 4) is 0 Å². The molecule has 50 nitrogen and oxygen atoms in total. The minimum Gasteiger partial charge on any atom is -0.481 e. The van der Waals surface area contributed by atoms with Crippen molar-refractivity contribution >= 4 is 130 Å². The minimum absolute atomic E-state index is 0.0116. The van der Waals surface area contributed by atoms with Gasteiger partial charge in [-0.1, -0.05) is 44.2 Å². The van der Waals surface area contributed by atoms with Gasteiger partial charge in [0.2, 0.25) is 100 Å². The molecule has 0 saturated carbocycles. The largest absolute Gasteiger partial charge is 0.481 e. The fourth-order valence-corrected chi connectivity index (χ4v) is 11.2. The SMILES string of the molecule is CC(C)[C@H](NC(=O)[C@H](CCCNC(=N)N)NC(=O)[C@H](Cc1ccccc1)NC(=O)[C@H](CO)NC(=O)[C@H](CCC(N)=O)NC(=O)[C@H](CCC(=O)O)NC(=O)[C@H](CC(N)=O)NC(=O)CNC(=O)[C@H](CCCCN)NC(=O)[C@H](C)NC(=O)[C@H](CCCCN)NC(=O)[C@H](CCC(N)=O)NC(=O)[C@@H](NC(=O)[C@@H](N)CCC(=O)O)[C@@H](C)O)C(=O)N[C@@H](CC(=O)O)C(=O)O. The van der Waals surface area contributed by atoms with E-state index in [0.717, 1.165) is 6.92 Å². The van der Waals surface area contributed by atoms with Crippen LogP contribution in [0.4, 0.5) is 0 Å². The van der Waals surface area contributed by atoms with Gasteiger partial charge in [-0.3, -0.25) is 101 Å². The summed E-state index contributed by atoms with van der Waals surface area (Å²) in [5, 5.41) is 101. The molecule has 122 heavy (non-hydrogen) atoms. The molecule has 0 unspecified atom stereocenters. The first-order valence-corrected chi connectivity index (χ1v) is 38.8. The van der Waals surface area contributed by atoms with Crippen molar-refractivity contribution < 1.29 is 131 Å². The summed E-state index contributed by atoms with van der Waals surface area (Å²) in [4.78, 5) is 277. The van der Waals surface area contributed by atoms with E-state index in [0.29, 0.717) is 12.0 Å². The Kier molecular flexibility index (Phi) is 49.7. The zero-order valence-corrected chi connectivity index (χ0v) is 67.9. The van der Waals surface area contributed by atoms with Gasteiger partial charge in [-0.05, 0) is 115 Å². The van der Waals surface area contributed by atoms with Gasteiger partial charge in [-0.15, -0.1) is 0 Å². The number of aliphatic carboxylic acids is 4. The van der Waals surface area contributed by atoms with E-state index in [9.17, 15) is 126 Å². The van der Waals surface area contributed by atoms with Crippen LogP contribution >= 0.6 is 0 Å². The Hall–Kier alpha value is -12.8. The van der Waals surface area contributed by atoms with Crippen molar-refractivity contribution in [1.29, 1.82) is 5.41 Å². The predicted octanol–water partition coefficient (Wildman–Crippen LogP) is -11.8.